The molecule has 2 N–H and O–H groups in total. The number of piperidine rings is 1. The number of aliphatic imine (C=N–C) groups is 1. The molecule has 0 radical (unpaired) electrons. The van der Waals surface area contributed by atoms with Crippen molar-refractivity contribution in [3.63, 3.8) is 0 Å². The molecular formula is C23H33IN4O2S. The fourth-order valence-corrected chi connectivity index (χ4v) is 4.72. The lowest BCUT2D eigenvalue weighted by Gasteiger charge is -2.31. The second-order valence-corrected chi connectivity index (χ2v) is 8.91. The van der Waals surface area contributed by atoms with Crippen molar-refractivity contribution in [1.82, 2.24) is 10.2 Å². The molecule has 1 saturated heterocycles. The Morgan fingerprint density at radius 3 is 2.87 bits per heavy atom. The first-order valence-corrected chi connectivity index (χ1v) is 11.9. The van der Waals surface area contributed by atoms with Gasteiger partial charge < -0.3 is 20.1 Å². The minimum atomic E-state index is 0. The van der Waals surface area contributed by atoms with Crippen LogP contribution in [0.15, 0.2) is 40.7 Å². The minimum absolute atomic E-state index is 0. The van der Waals surface area contributed by atoms with Gasteiger partial charge in [-0.1, -0.05) is 6.07 Å². The summed E-state index contributed by atoms with van der Waals surface area (Å²) >= 11 is 1.85. The highest BCUT2D eigenvalue weighted by atomic mass is 127. The van der Waals surface area contributed by atoms with Gasteiger partial charge in [-0.3, -0.25) is 9.89 Å². The van der Waals surface area contributed by atoms with Crippen LogP contribution >= 0.6 is 35.3 Å². The number of hydrogen-bond acceptors (Lipinski definition) is 5. The van der Waals surface area contributed by atoms with Crippen LogP contribution in [0.2, 0.25) is 0 Å². The van der Waals surface area contributed by atoms with E-state index >= 15 is 0 Å². The van der Waals surface area contributed by atoms with Crippen LogP contribution in [0.4, 0.5) is 5.69 Å². The van der Waals surface area contributed by atoms with Crippen molar-refractivity contribution >= 4 is 47.0 Å². The van der Waals surface area contributed by atoms with Gasteiger partial charge in [0.1, 0.15) is 0 Å². The second-order valence-electron chi connectivity index (χ2n) is 7.88. The Morgan fingerprint density at radius 2 is 2.06 bits per heavy atom. The molecule has 170 valence electrons. The molecule has 1 unspecified atom stereocenters. The number of rotatable bonds is 6. The summed E-state index contributed by atoms with van der Waals surface area (Å²) in [7, 11) is 0. The highest BCUT2D eigenvalue weighted by molar-refractivity contribution is 14.0. The third kappa shape index (κ3) is 7.25. The number of nitrogens with zero attached hydrogens (tertiary/aromatic N) is 2. The molecule has 0 bridgehead atoms. The zero-order chi connectivity index (χ0) is 20.6. The van der Waals surface area contributed by atoms with Gasteiger partial charge in [0.25, 0.3) is 0 Å². The summed E-state index contributed by atoms with van der Waals surface area (Å²) in [6, 6.07) is 10.4. The summed E-state index contributed by atoms with van der Waals surface area (Å²) in [6.45, 7) is 8.51. The van der Waals surface area contributed by atoms with Gasteiger partial charge in [-0.25, -0.2) is 0 Å². The number of thiophene rings is 1. The average molecular weight is 557 g/mol. The Bertz CT molecular complexity index is 831. The zero-order valence-electron chi connectivity index (χ0n) is 18.1. The predicted molar refractivity (Wildman–Crippen MR) is 139 cm³/mol. The lowest BCUT2D eigenvalue weighted by Crippen LogP contribution is -2.37. The molecule has 0 spiro atoms. The normalized spacial score (nSPS) is 19.3. The summed E-state index contributed by atoms with van der Waals surface area (Å²) < 4.78 is 11.5. The molecule has 8 heteroatoms. The molecule has 2 aliphatic heterocycles. The molecule has 31 heavy (non-hydrogen) atoms. The van der Waals surface area contributed by atoms with Crippen LogP contribution in [0.1, 0.15) is 31.1 Å². The van der Waals surface area contributed by atoms with Crippen LogP contribution in [-0.2, 0) is 6.54 Å². The number of likely N-dealkylation sites (tertiary alicyclic amines) is 1. The topological polar surface area (TPSA) is 58.1 Å². The summed E-state index contributed by atoms with van der Waals surface area (Å²) in [5, 5.41) is 8.96. The molecule has 0 amide bonds. The molecule has 4 rings (SSSR count). The van der Waals surface area contributed by atoms with Crippen LogP contribution < -0.4 is 20.1 Å². The monoisotopic (exact) mass is 556 g/mol. The Morgan fingerprint density at radius 1 is 1.19 bits per heavy atom. The molecule has 0 aliphatic carbocycles. The SMILES string of the molecule is CCNC(=NCC1CCCN(Cc2cccs2)C1)Nc1ccc2c(c1)OCCCO2.I. The van der Waals surface area contributed by atoms with E-state index < -0.39 is 0 Å². The van der Waals surface area contributed by atoms with Gasteiger partial charge in [0, 0.05) is 49.2 Å². The first-order chi connectivity index (χ1) is 14.8. The predicted octanol–water partition coefficient (Wildman–Crippen LogP) is 4.82. The maximum atomic E-state index is 5.81. The fraction of sp³-hybridized carbons (Fsp3) is 0.522. The Hall–Kier alpha value is -1.52. The van der Waals surface area contributed by atoms with Gasteiger partial charge in [-0.05, 0) is 55.8 Å². The van der Waals surface area contributed by atoms with E-state index in [-0.39, 0.29) is 24.0 Å². The van der Waals surface area contributed by atoms with Crippen molar-refractivity contribution in [2.24, 2.45) is 10.9 Å². The molecule has 1 fully saturated rings. The smallest absolute Gasteiger partial charge is 0.195 e. The van der Waals surface area contributed by atoms with Gasteiger partial charge >= 0.3 is 0 Å². The molecule has 1 atom stereocenters. The third-order valence-corrected chi connectivity index (χ3v) is 6.29. The fourth-order valence-electron chi connectivity index (χ4n) is 3.97. The van der Waals surface area contributed by atoms with Crippen molar-refractivity contribution in [3.05, 3.63) is 40.6 Å². The third-order valence-electron chi connectivity index (χ3n) is 5.42. The number of anilines is 1. The van der Waals surface area contributed by atoms with E-state index in [9.17, 15) is 0 Å². The highest BCUT2D eigenvalue weighted by Gasteiger charge is 2.20. The molecule has 1 aromatic carbocycles. The van der Waals surface area contributed by atoms with Crippen LogP contribution in [0.25, 0.3) is 0 Å². The van der Waals surface area contributed by atoms with Crippen molar-refractivity contribution in [1.29, 1.82) is 0 Å². The van der Waals surface area contributed by atoms with Crippen LogP contribution in [-0.4, -0.2) is 50.3 Å². The van der Waals surface area contributed by atoms with Crippen molar-refractivity contribution in [3.8, 4) is 11.5 Å². The van der Waals surface area contributed by atoms with Gasteiger partial charge in [0.15, 0.2) is 17.5 Å². The Kier molecular flexibility index (Phi) is 9.73. The van der Waals surface area contributed by atoms with Gasteiger partial charge in [0.05, 0.1) is 13.2 Å². The van der Waals surface area contributed by atoms with Gasteiger partial charge in [-0.15, -0.1) is 35.3 Å². The zero-order valence-corrected chi connectivity index (χ0v) is 21.3. The molecule has 3 heterocycles. The molecule has 1 aromatic heterocycles. The summed E-state index contributed by atoms with van der Waals surface area (Å²) in [5.41, 5.74) is 0.960. The lowest BCUT2D eigenvalue weighted by molar-refractivity contribution is 0.172. The van der Waals surface area contributed by atoms with Crippen LogP contribution in [0.3, 0.4) is 0 Å². The summed E-state index contributed by atoms with van der Waals surface area (Å²) in [5.74, 6) is 3.03. The minimum Gasteiger partial charge on any atom is -0.490 e. The molecule has 2 aromatic rings. The van der Waals surface area contributed by atoms with Gasteiger partial charge in [-0.2, -0.15) is 0 Å². The van der Waals surface area contributed by atoms with E-state index in [4.69, 9.17) is 14.5 Å². The highest BCUT2D eigenvalue weighted by Crippen LogP contribution is 2.32. The number of nitrogens with one attached hydrogen (secondary N) is 2. The van der Waals surface area contributed by atoms with E-state index in [1.165, 1.54) is 24.3 Å². The second kappa shape index (κ2) is 12.5. The quantitative estimate of drug-likeness (QED) is 0.304. The van der Waals surface area contributed by atoms with Crippen LogP contribution in [0, 0.1) is 5.92 Å². The van der Waals surface area contributed by atoms with E-state index in [2.05, 4.69) is 40.0 Å². The number of hydrogen-bond donors (Lipinski definition) is 2. The van der Waals surface area contributed by atoms with Gasteiger partial charge in [0.2, 0.25) is 0 Å². The lowest BCUT2D eigenvalue weighted by atomic mass is 9.98. The summed E-state index contributed by atoms with van der Waals surface area (Å²) in [6.07, 6.45) is 3.40. The Labute approximate surface area is 206 Å². The maximum Gasteiger partial charge on any atom is 0.195 e. The van der Waals surface area contributed by atoms with Crippen molar-refractivity contribution in [2.45, 2.75) is 32.7 Å². The maximum absolute atomic E-state index is 5.81. The van der Waals surface area contributed by atoms with Crippen LogP contribution in [0.5, 0.6) is 11.5 Å². The first-order valence-electron chi connectivity index (χ1n) is 11.0. The number of halogens is 1. The van der Waals surface area contributed by atoms with Crippen molar-refractivity contribution < 1.29 is 9.47 Å². The molecule has 2 aliphatic rings. The first kappa shape index (κ1) is 24.1. The van der Waals surface area contributed by atoms with Crippen molar-refractivity contribution in [2.75, 3.05) is 44.7 Å². The number of benzene rings is 1. The van der Waals surface area contributed by atoms with E-state index in [0.29, 0.717) is 19.1 Å². The number of guanidine groups is 1. The largest absolute Gasteiger partial charge is 0.490 e. The summed E-state index contributed by atoms with van der Waals surface area (Å²) in [4.78, 5) is 8.91. The van der Waals surface area contributed by atoms with E-state index in [0.717, 1.165) is 55.7 Å². The number of ether oxygens (including phenoxy) is 2. The standard InChI is InChI=1S/C23H32N4O2S.HI/c1-2-24-23(26-19-8-9-21-22(14-19)29-12-5-11-28-21)25-15-18-6-3-10-27(16-18)17-20-7-4-13-30-20;/h4,7-9,13-14,18H,2-3,5-6,10-12,15-17H2,1H3,(H2,24,25,26);1H. The number of fused-ring (bicyclic) bond motifs is 1. The average Bonchev–Trinajstić information content (AvgIpc) is 3.15. The van der Waals surface area contributed by atoms with E-state index in [1.54, 1.807) is 0 Å². The Balaban J connectivity index is 0.00000272. The van der Waals surface area contributed by atoms with E-state index in [1.807, 2.05) is 29.5 Å². The molecular weight excluding hydrogens is 523 g/mol. The molecule has 6 nitrogen and oxygen atoms in total. The molecule has 0 saturated carbocycles.